The van der Waals surface area contributed by atoms with E-state index in [2.05, 4.69) is 20.0 Å². The van der Waals surface area contributed by atoms with Crippen LogP contribution in [0.25, 0.3) is 16.9 Å². The lowest BCUT2D eigenvalue weighted by atomic mass is 10.1. The van der Waals surface area contributed by atoms with Gasteiger partial charge in [0.1, 0.15) is 5.75 Å². The molecular weight excluding hydrogens is 390 g/mol. The molecule has 0 amide bonds. The first-order valence-electron chi connectivity index (χ1n) is 9.01. The summed E-state index contributed by atoms with van der Waals surface area (Å²) < 4.78 is 34.8. The van der Waals surface area contributed by atoms with Crippen molar-refractivity contribution in [3.8, 4) is 17.0 Å². The number of sulfonamides is 1. The van der Waals surface area contributed by atoms with Crippen LogP contribution in [0.4, 0.5) is 5.69 Å². The normalized spacial score (nSPS) is 11.5. The van der Waals surface area contributed by atoms with Crippen LogP contribution < -0.4 is 9.46 Å². The topological polar surface area (TPSA) is 98.5 Å². The van der Waals surface area contributed by atoms with Gasteiger partial charge in [-0.3, -0.25) is 4.72 Å². The molecule has 29 heavy (non-hydrogen) atoms. The zero-order chi connectivity index (χ0) is 20.4. The molecule has 0 aliphatic rings. The van der Waals surface area contributed by atoms with Gasteiger partial charge in [-0.2, -0.15) is 9.61 Å². The first-order chi connectivity index (χ1) is 14.0. The molecule has 2 aromatic heterocycles. The first-order valence-corrected chi connectivity index (χ1v) is 10.5. The number of rotatable bonds is 6. The molecule has 0 radical (unpaired) electrons. The molecule has 0 fully saturated rings. The molecule has 0 aliphatic carbocycles. The lowest BCUT2D eigenvalue weighted by Crippen LogP contribution is -2.12. The highest BCUT2D eigenvalue weighted by Gasteiger charge is 2.14. The molecule has 0 spiro atoms. The van der Waals surface area contributed by atoms with Gasteiger partial charge in [0, 0.05) is 11.3 Å². The number of nitrogens with zero attached hydrogens (tertiary/aromatic N) is 4. The summed E-state index contributed by atoms with van der Waals surface area (Å²) in [6.45, 7) is 4.22. The highest BCUT2D eigenvalue weighted by Crippen LogP contribution is 2.23. The predicted octanol–water partition coefficient (Wildman–Crippen LogP) is 3.30. The minimum absolute atomic E-state index is 0.167. The Hall–Kier alpha value is -3.46. The Morgan fingerprint density at radius 3 is 2.38 bits per heavy atom. The Morgan fingerprint density at radius 1 is 0.966 bits per heavy atom. The minimum Gasteiger partial charge on any atom is -0.494 e. The van der Waals surface area contributed by atoms with E-state index < -0.39 is 10.0 Å². The number of hydrogen-bond donors (Lipinski definition) is 1. The molecule has 0 atom stereocenters. The Morgan fingerprint density at radius 2 is 1.69 bits per heavy atom. The summed E-state index contributed by atoms with van der Waals surface area (Å²) in [6, 6.07) is 17.0. The van der Waals surface area contributed by atoms with E-state index in [-0.39, 0.29) is 4.90 Å². The Kier molecular flexibility index (Phi) is 4.89. The first kappa shape index (κ1) is 18.9. The van der Waals surface area contributed by atoms with Gasteiger partial charge in [-0.05, 0) is 62.4 Å². The Balaban J connectivity index is 1.54. The second-order valence-corrected chi connectivity index (χ2v) is 8.01. The highest BCUT2D eigenvalue weighted by molar-refractivity contribution is 7.92. The predicted molar refractivity (Wildman–Crippen MR) is 109 cm³/mol. The van der Waals surface area contributed by atoms with Crippen LogP contribution in [0.1, 0.15) is 12.7 Å². The third-order valence-electron chi connectivity index (χ3n) is 4.30. The number of nitrogens with one attached hydrogen (secondary N) is 1. The van der Waals surface area contributed by atoms with Crippen molar-refractivity contribution in [2.45, 2.75) is 18.7 Å². The van der Waals surface area contributed by atoms with E-state index in [0.717, 1.165) is 11.3 Å². The van der Waals surface area contributed by atoms with Crippen molar-refractivity contribution in [1.82, 2.24) is 19.8 Å². The second-order valence-electron chi connectivity index (χ2n) is 6.32. The van der Waals surface area contributed by atoms with E-state index in [1.807, 2.05) is 38.1 Å². The molecule has 4 aromatic rings. The molecule has 148 valence electrons. The van der Waals surface area contributed by atoms with Crippen molar-refractivity contribution < 1.29 is 13.2 Å². The molecule has 1 N–H and O–H groups in total. The largest absolute Gasteiger partial charge is 0.494 e. The van der Waals surface area contributed by atoms with Crippen LogP contribution in [-0.4, -0.2) is 34.8 Å². The maximum absolute atomic E-state index is 12.6. The van der Waals surface area contributed by atoms with Gasteiger partial charge in [0.25, 0.3) is 10.0 Å². The SMILES string of the molecule is CCOc1ccc(S(=O)(=O)Nc2ccc(-c3ccc4nnc(C)n4n3)cc2)cc1. The summed E-state index contributed by atoms with van der Waals surface area (Å²) in [5.41, 5.74) is 2.72. The summed E-state index contributed by atoms with van der Waals surface area (Å²) in [7, 11) is -3.69. The maximum atomic E-state index is 12.6. The van der Waals surface area contributed by atoms with Crippen molar-refractivity contribution in [2.75, 3.05) is 11.3 Å². The van der Waals surface area contributed by atoms with Crippen LogP contribution in [0.15, 0.2) is 65.6 Å². The van der Waals surface area contributed by atoms with Gasteiger partial charge in [0.15, 0.2) is 11.5 Å². The average Bonchev–Trinajstić information content (AvgIpc) is 3.09. The number of aryl methyl sites for hydroxylation is 1. The fourth-order valence-electron chi connectivity index (χ4n) is 2.85. The van der Waals surface area contributed by atoms with Crippen molar-refractivity contribution in [1.29, 1.82) is 0 Å². The molecule has 2 heterocycles. The number of aromatic nitrogens is 4. The quantitative estimate of drug-likeness (QED) is 0.525. The molecule has 0 aliphatic heterocycles. The van der Waals surface area contributed by atoms with Crippen LogP contribution in [0.3, 0.4) is 0 Å². The molecule has 0 saturated heterocycles. The van der Waals surface area contributed by atoms with Gasteiger partial charge in [-0.15, -0.1) is 10.2 Å². The van der Waals surface area contributed by atoms with Crippen molar-refractivity contribution in [3.05, 3.63) is 66.5 Å². The third kappa shape index (κ3) is 3.90. The number of hydrogen-bond acceptors (Lipinski definition) is 6. The van der Waals surface area contributed by atoms with Crippen LogP contribution in [0.5, 0.6) is 5.75 Å². The molecular formula is C20H19N5O3S. The van der Waals surface area contributed by atoms with E-state index in [4.69, 9.17) is 4.74 Å². The standard InChI is InChI=1S/C20H19N5O3S/c1-3-28-17-8-10-18(11-9-17)29(26,27)24-16-6-4-15(5-7-16)19-12-13-20-22-21-14(2)25(20)23-19/h4-13,24H,3H2,1-2H3. The number of benzene rings is 2. The van der Waals surface area contributed by atoms with E-state index in [1.54, 1.807) is 28.8 Å². The number of ether oxygens (including phenoxy) is 1. The summed E-state index contributed by atoms with van der Waals surface area (Å²) in [5, 5.41) is 12.5. The van der Waals surface area contributed by atoms with Crippen molar-refractivity contribution >= 4 is 21.4 Å². The number of fused-ring (bicyclic) bond motifs is 1. The van der Waals surface area contributed by atoms with Crippen LogP contribution in [0.2, 0.25) is 0 Å². The zero-order valence-electron chi connectivity index (χ0n) is 15.9. The van der Waals surface area contributed by atoms with E-state index in [9.17, 15) is 8.42 Å². The van der Waals surface area contributed by atoms with Crippen LogP contribution in [0, 0.1) is 6.92 Å². The smallest absolute Gasteiger partial charge is 0.261 e. The number of anilines is 1. The van der Waals surface area contributed by atoms with Gasteiger partial charge in [0.2, 0.25) is 0 Å². The fourth-order valence-corrected chi connectivity index (χ4v) is 3.91. The lowest BCUT2D eigenvalue weighted by molar-refractivity contribution is 0.340. The van der Waals surface area contributed by atoms with E-state index in [0.29, 0.717) is 29.5 Å². The molecule has 0 bridgehead atoms. The highest BCUT2D eigenvalue weighted by atomic mass is 32.2. The van der Waals surface area contributed by atoms with Crippen molar-refractivity contribution in [2.24, 2.45) is 0 Å². The maximum Gasteiger partial charge on any atom is 0.261 e. The lowest BCUT2D eigenvalue weighted by Gasteiger charge is -2.10. The fraction of sp³-hybridized carbons (Fsp3) is 0.150. The monoisotopic (exact) mass is 409 g/mol. The molecule has 0 saturated carbocycles. The summed E-state index contributed by atoms with van der Waals surface area (Å²) in [6.07, 6.45) is 0. The summed E-state index contributed by atoms with van der Waals surface area (Å²) in [5.74, 6) is 1.32. The van der Waals surface area contributed by atoms with Crippen LogP contribution >= 0.6 is 0 Å². The van der Waals surface area contributed by atoms with E-state index in [1.165, 1.54) is 12.1 Å². The third-order valence-corrected chi connectivity index (χ3v) is 5.69. The second kappa shape index (κ2) is 7.51. The Bertz CT molecular complexity index is 1250. The summed E-state index contributed by atoms with van der Waals surface area (Å²) in [4.78, 5) is 0.167. The summed E-state index contributed by atoms with van der Waals surface area (Å²) >= 11 is 0. The average molecular weight is 409 g/mol. The van der Waals surface area contributed by atoms with Crippen LogP contribution in [-0.2, 0) is 10.0 Å². The molecule has 9 heteroatoms. The molecule has 4 rings (SSSR count). The van der Waals surface area contributed by atoms with Gasteiger partial charge in [-0.25, -0.2) is 8.42 Å². The van der Waals surface area contributed by atoms with Crippen molar-refractivity contribution in [3.63, 3.8) is 0 Å². The molecule has 2 aromatic carbocycles. The van der Waals surface area contributed by atoms with Gasteiger partial charge in [0.05, 0.1) is 17.2 Å². The zero-order valence-corrected chi connectivity index (χ0v) is 16.7. The van der Waals surface area contributed by atoms with Gasteiger partial charge < -0.3 is 4.74 Å². The van der Waals surface area contributed by atoms with Gasteiger partial charge >= 0.3 is 0 Å². The molecule has 8 nitrogen and oxygen atoms in total. The molecule has 0 unspecified atom stereocenters. The van der Waals surface area contributed by atoms with Gasteiger partial charge in [-0.1, -0.05) is 12.1 Å². The Labute approximate surface area is 168 Å². The van der Waals surface area contributed by atoms with E-state index >= 15 is 0 Å². The minimum atomic E-state index is -3.69.